The first kappa shape index (κ1) is 23.1. The van der Waals surface area contributed by atoms with Gasteiger partial charge in [0, 0.05) is 5.69 Å². The van der Waals surface area contributed by atoms with Crippen molar-refractivity contribution in [3.05, 3.63) is 108 Å². The maximum Gasteiger partial charge on any atom is 0.270 e. The smallest absolute Gasteiger partial charge is 0.270 e. The predicted molar refractivity (Wildman–Crippen MR) is 139 cm³/mol. The van der Waals surface area contributed by atoms with Crippen LogP contribution in [0.2, 0.25) is 0 Å². The molecule has 0 unspecified atom stereocenters. The maximum absolute atomic E-state index is 13.2. The molecule has 1 fully saturated rings. The molecule has 1 saturated carbocycles. The van der Waals surface area contributed by atoms with Gasteiger partial charge in [-0.1, -0.05) is 71.8 Å². The first-order chi connectivity index (χ1) is 17.1. The lowest BCUT2D eigenvalue weighted by Gasteiger charge is -2.22. The molecule has 1 aromatic heterocycles. The highest BCUT2D eigenvalue weighted by atomic mass is 16.5. The SMILES string of the molecule is Cc1cc(C)cc(-c2ccc(-n3cncc3C(=O)N[C@H]3CCC[C@@H]3OCc3ccccc3)cc2)c1. The number of benzene rings is 3. The first-order valence-corrected chi connectivity index (χ1v) is 12.2. The van der Waals surface area contributed by atoms with Gasteiger partial charge in [-0.25, -0.2) is 4.98 Å². The van der Waals surface area contributed by atoms with Gasteiger partial charge in [-0.15, -0.1) is 0 Å². The molecule has 5 nitrogen and oxygen atoms in total. The molecule has 0 bridgehead atoms. The third-order valence-electron chi connectivity index (χ3n) is 6.65. The van der Waals surface area contributed by atoms with Crippen LogP contribution in [-0.4, -0.2) is 27.6 Å². The van der Waals surface area contributed by atoms with Crippen LogP contribution in [0.5, 0.6) is 0 Å². The van der Waals surface area contributed by atoms with Crippen LogP contribution in [0.1, 0.15) is 46.4 Å². The van der Waals surface area contributed by atoms with Crippen molar-refractivity contribution in [1.29, 1.82) is 0 Å². The molecule has 0 radical (unpaired) electrons. The zero-order valence-corrected chi connectivity index (χ0v) is 20.3. The highest BCUT2D eigenvalue weighted by Gasteiger charge is 2.30. The van der Waals surface area contributed by atoms with Gasteiger partial charge >= 0.3 is 0 Å². The minimum absolute atomic E-state index is 0.00139. The molecular weight excluding hydrogens is 434 g/mol. The highest BCUT2D eigenvalue weighted by Crippen LogP contribution is 2.26. The highest BCUT2D eigenvalue weighted by molar-refractivity contribution is 5.93. The van der Waals surface area contributed by atoms with Gasteiger partial charge in [0.25, 0.3) is 5.91 Å². The summed E-state index contributed by atoms with van der Waals surface area (Å²) in [6, 6.07) is 25.0. The fourth-order valence-electron chi connectivity index (χ4n) is 4.94. The van der Waals surface area contributed by atoms with E-state index in [2.05, 4.69) is 66.6 Å². The monoisotopic (exact) mass is 465 g/mol. The maximum atomic E-state index is 13.2. The van der Waals surface area contributed by atoms with E-state index in [-0.39, 0.29) is 18.1 Å². The van der Waals surface area contributed by atoms with Gasteiger partial charge in [-0.3, -0.25) is 9.36 Å². The Balaban J connectivity index is 1.27. The molecule has 178 valence electrons. The number of amides is 1. The lowest BCUT2D eigenvalue weighted by atomic mass is 10.0. The van der Waals surface area contributed by atoms with E-state index in [1.54, 1.807) is 12.5 Å². The Morgan fingerprint density at radius 1 is 0.971 bits per heavy atom. The van der Waals surface area contributed by atoms with Crippen molar-refractivity contribution in [3.63, 3.8) is 0 Å². The molecule has 1 amide bonds. The second-order valence-corrected chi connectivity index (χ2v) is 9.42. The Kier molecular flexibility index (Phi) is 6.77. The van der Waals surface area contributed by atoms with Gasteiger partial charge in [0.05, 0.1) is 31.3 Å². The van der Waals surface area contributed by atoms with Gasteiger partial charge in [0.15, 0.2) is 0 Å². The molecule has 0 spiro atoms. The Bertz CT molecular complexity index is 1270. The molecular formula is C30H31N3O2. The fourth-order valence-corrected chi connectivity index (χ4v) is 4.94. The summed E-state index contributed by atoms with van der Waals surface area (Å²) < 4.78 is 8.01. The van der Waals surface area contributed by atoms with E-state index in [0.29, 0.717) is 12.3 Å². The summed E-state index contributed by atoms with van der Waals surface area (Å²) >= 11 is 0. The third kappa shape index (κ3) is 5.36. The number of aromatic nitrogens is 2. The minimum Gasteiger partial charge on any atom is -0.371 e. The average molecular weight is 466 g/mol. The molecule has 0 aliphatic heterocycles. The molecule has 35 heavy (non-hydrogen) atoms. The van der Waals surface area contributed by atoms with E-state index in [9.17, 15) is 4.79 Å². The summed E-state index contributed by atoms with van der Waals surface area (Å²) in [7, 11) is 0. The lowest BCUT2D eigenvalue weighted by Crippen LogP contribution is -2.41. The number of ether oxygens (including phenoxy) is 1. The summed E-state index contributed by atoms with van der Waals surface area (Å²) in [6.07, 6.45) is 6.26. The molecule has 1 aliphatic carbocycles. The van der Waals surface area contributed by atoms with Gasteiger partial charge in [-0.2, -0.15) is 0 Å². The normalized spacial score (nSPS) is 17.4. The minimum atomic E-state index is -0.124. The number of imidazole rings is 1. The van der Waals surface area contributed by atoms with Crippen LogP contribution >= 0.6 is 0 Å². The standard InChI is InChI=1S/C30H31N3O2/c1-21-15-22(2)17-25(16-21)24-11-13-26(14-12-24)33-20-31-18-28(33)30(34)32-27-9-6-10-29(27)35-19-23-7-4-3-5-8-23/h3-5,7-8,11-18,20,27,29H,6,9-10,19H2,1-2H3,(H,32,34)/t27-,29-/m0/s1. The molecule has 1 N–H and O–H groups in total. The summed E-state index contributed by atoms with van der Waals surface area (Å²) in [5.41, 5.74) is 7.41. The molecule has 1 heterocycles. The Labute approximate surface area is 206 Å². The van der Waals surface area contributed by atoms with E-state index in [4.69, 9.17) is 4.74 Å². The van der Waals surface area contributed by atoms with Gasteiger partial charge in [0.1, 0.15) is 5.69 Å². The number of nitrogens with zero attached hydrogens (tertiary/aromatic N) is 2. The third-order valence-corrected chi connectivity index (χ3v) is 6.65. The fraction of sp³-hybridized carbons (Fsp3) is 0.267. The summed E-state index contributed by atoms with van der Waals surface area (Å²) in [4.78, 5) is 17.5. The van der Waals surface area contributed by atoms with Gasteiger partial charge in [-0.05, 0) is 61.9 Å². The Morgan fingerprint density at radius 2 is 1.71 bits per heavy atom. The lowest BCUT2D eigenvalue weighted by molar-refractivity contribution is 0.0271. The second-order valence-electron chi connectivity index (χ2n) is 9.42. The number of hydrogen-bond donors (Lipinski definition) is 1. The number of nitrogens with one attached hydrogen (secondary N) is 1. The van der Waals surface area contributed by atoms with Crippen LogP contribution in [0.3, 0.4) is 0 Å². The Morgan fingerprint density at radius 3 is 2.46 bits per heavy atom. The van der Waals surface area contributed by atoms with Gasteiger partial charge in [0.2, 0.25) is 0 Å². The number of carbonyl (C=O) groups excluding carboxylic acids is 1. The van der Waals surface area contributed by atoms with Crippen molar-refractivity contribution < 1.29 is 9.53 Å². The van der Waals surface area contributed by atoms with E-state index < -0.39 is 0 Å². The predicted octanol–water partition coefficient (Wildman–Crippen LogP) is 6.02. The second kappa shape index (κ2) is 10.3. The summed E-state index contributed by atoms with van der Waals surface area (Å²) in [5, 5.41) is 3.20. The Hall–Kier alpha value is -3.70. The molecule has 4 aromatic rings. The number of hydrogen-bond acceptors (Lipinski definition) is 3. The van der Waals surface area contributed by atoms with Crippen molar-refractivity contribution in [3.8, 4) is 16.8 Å². The first-order valence-electron chi connectivity index (χ1n) is 12.2. The van der Waals surface area contributed by atoms with Crippen LogP contribution in [0, 0.1) is 13.8 Å². The topological polar surface area (TPSA) is 56.2 Å². The van der Waals surface area contributed by atoms with Crippen LogP contribution in [0.25, 0.3) is 16.8 Å². The van der Waals surface area contributed by atoms with Crippen molar-refractivity contribution in [2.75, 3.05) is 0 Å². The number of carbonyl (C=O) groups is 1. The van der Waals surface area contributed by atoms with Crippen molar-refractivity contribution in [2.45, 2.75) is 51.9 Å². The summed E-state index contributed by atoms with van der Waals surface area (Å²) in [5.74, 6) is -0.124. The zero-order valence-electron chi connectivity index (χ0n) is 20.3. The molecule has 2 atom stereocenters. The van der Waals surface area contributed by atoms with Gasteiger partial charge < -0.3 is 10.1 Å². The van der Waals surface area contributed by atoms with Crippen LogP contribution in [0.4, 0.5) is 0 Å². The number of aryl methyl sites for hydroxylation is 2. The number of rotatable bonds is 7. The molecule has 3 aromatic carbocycles. The van der Waals surface area contributed by atoms with E-state index in [1.165, 1.54) is 16.7 Å². The van der Waals surface area contributed by atoms with Crippen molar-refractivity contribution in [1.82, 2.24) is 14.9 Å². The molecule has 0 saturated heterocycles. The molecule has 1 aliphatic rings. The van der Waals surface area contributed by atoms with Crippen LogP contribution < -0.4 is 5.32 Å². The summed E-state index contributed by atoms with van der Waals surface area (Å²) in [6.45, 7) is 4.79. The average Bonchev–Trinajstić information content (AvgIpc) is 3.53. The quantitative estimate of drug-likeness (QED) is 0.363. The van der Waals surface area contributed by atoms with E-state index in [0.717, 1.165) is 36.1 Å². The van der Waals surface area contributed by atoms with Crippen LogP contribution in [-0.2, 0) is 11.3 Å². The largest absolute Gasteiger partial charge is 0.371 e. The molecule has 5 heteroatoms. The van der Waals surface area contributed by atoms with Crippen molar-refractivity contribution in [2.24, 2.45) is 0 Å². The van der Waals surface area contributed by atoms with E-state index in [1.807, 2.05) is 34.9 Å². The van der Waals surface area contributed by atoms with E-state index >= 15 is 0 Å². The molecule has 5 rings (SSSR count). The zero-order chi connectivity index (χ0) is 24.2. The van der Waals surface area contributed by atoms with Crippen molar-refractivity contribution >= 4 is 5.91 Å². The van der Waals surface area contributed by atoms with Crippen LogP contribution in [0.15, 0.2) is 85.3 Å².